The van der Waals surface area contributed by atoms with Crippen LogP contribution < -0.4 is 0 Å². The summed E-state index contributed by atoms with van der Waals surface area (Å²) >= 11 is 0. The van der Waals surface area contributed by atoms with E-state index in [4.69, 9.17) is 9.47 Å². The van der Waals surface area contributed by atoms with Crippen LogP contribution in [-0.4, -0.2) is 30.4 Å². The van der Waals surface area contributed by atoms with Gasteiger partial charge in [-0.3, -0.25) is 4.79 Å². The lowest BCUT2D eigenvalue weighted by Crippen LogP contribution is -2.31. The Balaban J connectivity index is 2.28. The van der Waals surface area contributed by atoms with Gasteiger partial charge in [0.25, 0.3) is 0 Å². The van der Waals surface area contributed by atoms with Crippen molar-refractivity contribution in [3.63, 3.8) is 0 Å². The molecule has 4 heteroatoms. The Morgan fingerprint density at radius 2 is 2.00 bits per heavy atom. The molecular formula is C14H20O4. The van der Waals surface area contributed by atoms with Crippen molar-refractivity contribution in [2.45, 2.75) is 26.6 Å². The number of aliphatic hydroxyl groups is 1. The van der Waals surface area contributed by atoms with Crippen LogP contribution in [0.5, 0.6) is 0 Å². The molecule has 100 valence electrons. The van der Waals surface area contributed by atoms with E-state index in [1.54, 1.807) is 13.8 Å². The van der Waals surface area contributed by atoms with E-state index in [1.807, 2.05) is 30.3 Å². The third-order valence-corrected chi connectivity index (χ3v) is 2.64. The van der Waals surface area contributed by atoms with Gasteiger partial charge >= 0.3 is 5.97 Å². The highest BCUT2D eigenvalue weighted by Gasteiger charge is 2.23. The fourth-order valence-corrected chi connectivity index (χ4v) is 1.45. The summed E-state index contributed by atoms with van der Waals surface area (Å²) in [5.74, 6) is -0.964. The van der Waals surface area contributed by atoms with E-state index >= 15 is 0 Å². The zero-order valence-electron chi connectivity index (χ0n) is 10.8. The van der Waals surface area contributed by atoms with E-state index < -0.39 is 18.0 Å². The number of benzene rings is 1. The van der Waals surface area contributed by atoms with Crippen LogP contribution in [0.4, 0.5) is 0 Å². The molecule has 0 unspecified atom stereocenters. The minimum atomic E-state index is -0.840. The van der Waals surface area contributed by atoms with Crippen molar-refractivity contribution in [2.24, 2.45) is 5.92 Å². The summed E-state index contributed by atoms with van der Waals surface area (Å²) in [5, 5.41) is 9.77. The monoisotopic (exact) mass is 252 g/mol. The second-order valence-electron chi connectivity index (χ2n) is 4.11. The van der Waals surface area contributed by atoms with Gasteiger partial charge in [-0.1, -0.05) is 30.3 Å². The number of aliphatic hydroxyl groups excluding tert-OH is 1. The van der Waals surface area contributed by atoms with Gasteiger partial charge < -0.3 is 14.6 Å². The van der Waals surface area contributed by atoms with E-state index in [0.717, 1.165) is 5.56 Å². The molecule has 0 spiro atoms. The smallest absolute Gasteiger partial charge is 0.311 e. The standard InChI is InChI=1S/C14H20O4/c1-3-18-14(16)11(2)13(15)10-17-9-12-7-5-4-6-8-12/h4-8,11,13,15H,3,9-10H2,1-2H3/t11-,13+/m1/s1. The first-order chi connectivity index (χ1) is 8.65. The molecule has 4 nitrogen and oxygen atoms in total. The van der Waals surface area contributed by atoms with Gasteiger partial charge in [-0.2, -0.15) is 0 Å². The highest BCUT2D eigenvalue weighted by Crippen LogP contribution is 2.08. The molecule has 1 aromatic carbocycles. The Morgan fingerprint density at radius 1 is 1.33 bits per heavy atom. The largest absolute Gasteiger partial charge is 0.466 e. The number of carbonyl (C=O) groups is 1. The number of rotatable bonds is 7. The van der Waals surface area contributed by atoms with Crippen molar-refractivity contribution >= 4 is 5.97 Å². The quantitative estimate of drug-likeness (QED) is 0.751. The van der Waals surface area contributed by atoms with E-state index in [2.05, 4.69) is 0 Å². The first-order valence-corrected chi connectivity index (χ1v) is 6.11. The molecule has 0 radical (unpaired) electrons. The average Bonchev–Trinajstić information content (AvgIpc) is 2.39. The van der Waals surface area contributed by atoms with Crippen LogP contribution in [0.1, 0.15) is 19.4 Å². The van der Waals surface area contributed by atoms with Gasteiger partial charge in [0.15, 0.2) is 0 Å². The van der Waals surface area contributed by atoms with Crippen molar-refractivity contribution in [3.05, 3.63) is 35.9 Å². The SMILES string of the molecule is CCOC(=O)[C@H](C)[C@@H](O)COCc1ccccc1. The maximum atomic E-state index is 11.4. The molecule has 0 amide bonds. The average molecular weight is 252 g/mol. The van der Waals surface area contributed by atoms with E-state index in [0.29, 0.717) is 13.2 Å². The van der Waals surface area contributed by atoms with Crippen molar-refractivity contribution < 1.29 is 19.4 Å². The highest BCUT2D eigenvalue weighted by molar-refractivity contribution is 5.72. The molecule has 0 bridgehead atoms. The molecule has 0 heterocycles. The van der Waals surface area contributed by atoms with E-state index in [9.17, 15) is 9.90 Å². The fourth-order valence-electron chi connectivity index (χ4n) is 1.45. The minimum Gasteiger partial charge on any atom is -0.466 e. The van der Waals surface area contributed by atoms with Gasteiger partial charge in [0.1, 0.15) is 0 Å². The predicted molar refractivity (Wildman–Crippen MR) is 67.9 cm³/mol. The summed E-state index contributed by atoms with van der Waals surface area (Å²) in [6.07, 6.45) is -0.840. The normalized spacial score (nSPS) is 13.9. The zero-order valence-corrected chi connectivity index (χ0v) is 10.8. The minimum absolute atomic E-state index is 0.120. The van der Waals surface area contributed by atoms with Gasteiger partial charge in [-0.05, 0) is 19.4 Å². The third-order valence-electron chi connectivity index (χ3n) is 2.64. The Hall–Kier alpha value is -1.39. The third kappa shape index (κ3) is 4.85. The van der Waals surface area contributed by atoms with Crippen LogP contribution in [0.15, 0.2) is 30.3 Å². The Bertz CT molecular complexity index is 350. The number of esters is 1. The Labute approximate surface area is 108 Å². The van der Waals surface area contributed by atoms with Crippen molar-refractivity contribution in [1.82, 2.24) is 0 Å². The Kier molecular flexibility index (Phi) is 6.39. The van der Waals surface area contributed by atoms with Gasteiger partial charge in [0.05, 0.1) is 31.8 Å². The lowest BCUT2D eigenvalue weighted by molar-refractivity contribution is -0.152. The van der Waals surface area contributed by atoms with Gasteiger partial charge in [-0.25, -0.2) is 0 Å². The van der Waals surface area contributed by atoms with Gasteiger partial charge in [-0.15, -0.1) is 0 Å². The van der Waals surface area contributed by atoms with E-state index in [-0.39, 0.29) is 6.61 Å². The maximum Gasteiger partial charge on any atom is 0.311 e. The van der Waals surface area contributed by atoms with Crippen LogP contribution in [-0.2, 0) is 20.9 Å². The first-order valence-electron chi connectivity index (χ1n) is 6.11. The molecule has 0 saturated heterocycles. The van der Waals surface area contributed by atoms with E-state index in [1.165, 1.54) is 0 Å². The van der Waals surface area contributed by atoms with Crippen LogP contribution in [0.25, 0.3) is 0 Å². The fraction of sp³-hybridized carbons (Fsp3) is 0.500. The molecule has 0 fully saturated rings. The van der Waals surface area contributed by atoms with Crippen LogP contribution in [0.3, 0.4) is 0 Å². The summed E-state index contributed by atoms with van der Waals surface area (Å²) in [4.78, 5) is 11.4. The molecule has 0 aliphatic carbocycles. The van der Waals surface area contributed by atoms with Gasteiger partial charge in [0.2, 0.25) is 0 Å². The number of hydrogen-bond acceptors (Lipinski definition) is 4. The Morgan fingerprint density at radius 3 is 2.61 bits per heavy atom. The molecule has 18 heavy (non-hydrogen) atoms. The second kappa shape index (κ2) is 7.84. The predicted octanol–water partition coefficient (Wildman–Crippen LogP) is 1.76. The maximum absolute atomic E-state index is 11.4. The molecule has 1 rings (SSSR count). The van der Waals surface area contributed by atoms with Crippen LogP contribution in [0.2, 0.25) is 0 Å². The van der Waals surface area contributed by atoms with Crippen LogP contribution >= 0.6 is 0 Å². The number of carbonyl (C=O) groups excluding carboxylic acids is 1. The number of hydrogen-bond donors (Lipinski definition) is 1. The molecule has 0 aromatic heterocycles. The summed E-state index contributed by atoms with van der Waals surface area (Å²) in [6.45, 7) is 4.24. The van der Waals surface area contributed by atoms with Crippen molar-refractivity contribution in [3.8, 4) is 0 Å². The lowest BCUT2D eigenvalue weighted by atomic mass is 10.1. The summed E-state index contributed by atoms with van der Waals surface area (Å²) < 4.78 is 10.2. The second-order valence-corrected chi connectivity index (χ2v) is 4.11. The zero-order chi connectivity index (χ0) is 13.4. The molecule has 0 aliphatic rings. The molecule has 1 N–H and O–H groups in total. The highest BCUT2D eigenvalue weighted by atomic mass is 16.5. The molecule has 1 aromatic rings. The molecule has 2 atom stereocenters. The molecule has 0 saturated carbocycles. The molecule has 0 aliphatic heterocycles. The van der Waals surface area contributed by atoms with Crippen molar-refractivity contribution in [2.75, 3.05) is 13.2 Å². The molecular weight excluding hydrogens is 232 g/mol. The van der Waals surface area contributed by atoms with Crippen LogP contribution in [0, 0.1) is 5.92 Å². The first kappa shape index (κ1) is 14.7. The lowest BCUT2D eigenvalue weighted by Gasteiger charge is -2.17. The number of ether oxygens (including phenoxy) is 2. The van der Waals surface area contributed by atoms with Crippen molar-refractivity contribution in [1.29, 1.82) is 0 Å². The topological polar surface area (TPSA) is 55.8 Å². The summed E-state index contributed by atoms with van der Waals surface area (Å²) in [6, 6.07) is 9.68. The summed E-state index contributed by atoms with van der Waals surface area (Å²) in [5.41, 5.74) is 1.04. The van der Waals surface area contributed by atoms with Gasteiger partial charge in [0, 0.05) is 0 Å². The summed E-state index contributed by atoms with van der Waals surface area (Å²) in [7, 11) is 0.